The maximum Gasteiger partial charge on any atom is 0.293 e. The van der Waals surface area contributed by atoms with E-state index in [-0.39, 0.29) is 0 Å². The van der Waals surface area contributed by atoms with Crippen LogP contribution in [0.4, 0.5) is 0 Å². The highest BCUT2D eigenvalue weighted by Gasteiger charge is 1.99. The molecule has 16 heavy (non-hydrogen) atoms. The van der Waals surface area contributed by atoms with E-state index in [9.17, 15) is 4.79 Å². The minimum atomic E-state index is 0.431. The van der Waals surface area contributed by atoms with Crippen LogP contribution in [0.3, 0.4) is 0 Å². The number of hydrogen-bond acceptors (Lipinski definition) is 2. The Bertz CT molecular complexity index is 468. The summed E-state index contributed by atoms with van der Waals surface area (Å²) in [5.74, 6) is 0. The molecule has 2 aromatic rings. The van der Waals surface area contributed by atoms with Gasteiger partial charge in [-0.3, -0.25) is 4.79 Å². The highest BCUT2D eigenvalue weighted by Crippen LogP contribution is 2.25. The van der Waals surface area contributed by atoms with Gasteiger partial charge in [-0.15, -0.1) is 0 Å². The maximum absolute atomic E-state index is 9.18. The minimum absolute atomic E-state index is 0.431. The molecule has 5 heteroatoms. The van der Waals surface area contributed by atoms with Crippen LogP contribution in [0.25, 0.3) is 10.9 Å². The van der Waals surface area contributed by atoms with Crippen LogP contribution in [0.1, 0.15) is 6.92 Å². The normalized spacial score (nSPS) is 9.44. The number of aromatic nitrogens is 1. The van der Waals surface area contributed by atoms with Gasteiger partial charge < -0.3 is 9.72 Å². The number of aromatic amines is 1. The molecule has 0 radical (unpaired) electrons. The zero-order valence-electron chi connectivity index (χ0n) is 8.67. The van der Waals surface area contributed by atoms with Crippen LogP contribution in [-0.2, 0) is 9.53 Å². The molecule has 2 rings (SSSR count). The number of ether oxygens (including phenoxy) is 1. The molecule has 3 nitrogen and oxygen atoms in total. The van der Waals surface area contributed by atoms with Gasteiger partial charge in [-0.25, -0.2) is 0 Å². The number of benzene rings is 1. The molecule has 0 amide bonds. The lowest BCUT2D eigenvalue weighted by atomic mass is 10.2. The fourth-order valence-corrected chi connectivity index (χ4v) is 1.51. The van der Waals surface area contributed by atoms with Gasteiger partial charge in [0.2, 0.25) is 0 Å². The number of fused-ring (bicyclic) bond motifs is 1. The van der Waals surface area contributed by atoms with Crippen LogP contribution in [-0.4, -0.2) is 18.1 Å². The van der Waals surface area contributed by atoms with Crippen LogP contribution in [0, 0.1) is 0 Å². The number of hydrogen-bond donors (Lipinski definition) is 1. The Morgan fingerprint density at radius 1 is 1.44 bits per heavy atom. The number of rotatable bonds is 2. The molecular weight excluding hydrogens is 249 g/mol. The molecule has 0 aliphatic carbocycles. The monoisotopic (exact) mass is 259 g/mol. The van der Waals surface area contributed by atoms with Gasteiger partial charge in [0.1, 0.15) is 0 Å². The average Bonchev–Trinajstić information content (AvgIpc) is 2.63. The first kappa shape index (κ1) is 12.9. The van der Waals surface area contributed by atoms with Crippen molar-refractivity contribution in [2.45, 2.75) is 6.92 Å². The largest absolute Gasteiger partial charge is 0.468 e. The van der Waals surface area contributed by atoms with E-state index >= 15 is 0 Å². The van der Waals surface area contributed by atoms with Gasteiger partial charge in [0.25, 0.3) is 6.47 Å². The Morgan fingerprint density at radius 2 is 2.19 bits per heavy atom. The van der Waals surface area contributed by atoms with Crippen molar-refractivity contribution in [3.05, 3.63) is 34.4 Å². The Balaban J connectivity index is 0.000000221. The second-order valence-corrected chi connectivity index (χ2v) is 3.72. The Hall–Kier alpha value is -1.19. The van der Waals surface area contributed by atoms with E-state index in [4.69, 9.17) is 23.2 Å². The SMILES string of the molecule is CCOC=O.Clc1ccc2[nH]cc(Cl)c2c1. The number of halogens is 2. The molecule has 1 aromatic heterocycles. The first-order chi connectivity index (χ1) is 7.69. The highest BCUT2D eigenvalue weighted by atomic mass is 35.5. The summed E-state index contributed by atoms with van der Waals surface area (Å²) in [7, 11) is 0. The molecule has 0 spiro atoms. The van der Waals surface area contributed by atoms with Gasteiger partial charge in [-0.1, -0.05) is 23.2 Å². The number of H-pyrrole nitrogens is 1. The molecule has 0 aliphatic rings. The van der Waals surface area contributed by atoms with Crippen molar-refractivity contribution < 1.29 is 9.53 Å². The summed E-state index contributed by atoms with van der Waals surface area (Å²) >= 11 is 11.6. The molecule has 0 unspecified atom stereocenters. The number of carbonyl (C=O) groups excluding carboxylic acids is 1. The average molecular weight is 260 g/mol. The van der Waals surface area contributed by atoms with E-state index in [1.54, 1.807) is 13.1 Å². The molecule has 1 N–H and O–H groups in total. The van der Waals surface area contributed by atoms with Crippen LogP contribution < -0.4 is 0 Å². The molecular formula is C11H11Cl2NO2. The van der Waals surface area contributed by atoms with Crippen LogP contribution >= 0.6 is 23.2 Å². The van der Waals surface area contributed by atoms with Gasteiger partial charge in [0, 0.05) is 22.1 Å². The van der Waals surface area contributed by atoms with Crippen LogP contribution in [0.15, 0.2) is 24.4 Å². The Morgan fingerprint density at radius 3 is 2.75 bits per heavy atom. The van der Waals surface area contributed by atoms with Crippen LogP contribution in [0.2, 0.25) is 10.0 Å². The smallest absolute Gasteiger partial charge is 0.293 e. The third kappa shape index (κ3) is 3.43. The second-order valence-electron chi connectivity index (χ2n) is 2.88. The molecule has 1 aromatic carbocycles. The standard InChI is InChI=1S/C8H5Cl2N.C3H6O2/c9-5-1-2-8-6(3-5)7(10)4-11-8;1-2-5-3-4/h1-4,11H;3H,2H2,1H3. The molecule has 0 saturated heterocycles. The third-order valence-corrected chi connectivity index (χ3v) is 2.38. The molecule has 0 atom stereocenters. The zero-order chi connectivity index (χ0) is 12.0. The predicted molar refractivity (Wildman–Crippen MR) is 66.0 cm³/mol. The molecule has 0 aliphatic heterocycles. The molecule has 0 bridgehead atoms. The predicted octanol–water partition coefficient (Wildman–Crippen LogP) is 3.65. The van der Waals surface area contributed by atoms with Crippen molar-refractivity contribution in [3.63, 3.8) is 0 Å². The first-order valence-corrected chi connectivity index (χ1v) is 5.42. The van der Waals surface area contributed by atoms with Crippen molar-refractivity contribution >= 4 is 40.6 Å². The molecule has 1 heterocycles. The lowest BCUT2D eigenvalue weighted by molar-refractivity contribution is -0.128. The van der Waals surface area contributed by atoms with E-state index in [1.807, 2.05) is 18.2 Å². The summed E-state index contributed by atoms with van der Waals surface area (Å²) in [6.45, 7) is 2.66. The first-order valence-electron chi connectivity index (χ1n) is 4.66. The van der Waals surface area contributed by atoms with Crippen molar-refractivity contribution in [1.29, 1.82) is 0 Å². The summed E-state index contributed by atoms with van der Waals surface area (Å²) in [6.07, 6.45) is 1.75. The topological polar surface area (TPSA) is 42.1 Å². The fraction of sp³-hybridized carbons (Fsp3) is 0.182. The lowest BCUT2D eigenvalue weighted by Gasteiger charge is -1.90. The molecule has 86 valence electrons. The summed E-state index contributed by atoms with van der Waals surface area (Å²) in [5, 5.41) is 2.39. The maximum atomic E-state index is 9.18. The van der Waals surface area contributed by atoms with E-state index in [1.165, 1.54) is 0 Å². The van der Waals surface area contributed by atoms with Gasteiger partial charge in [-0.2, -0.15) is 0 Å². The Labute approximate surface area is 103 Å². The van der Waals surface area contributed by atoms with Crippen LogP contribution in [0.5, 0.6) is 0 Å². The second kappa shape index (κ2) is 6.40. The van der Waals surface area contributed by atoms with Crippen molar-refractivity contribution in [3.8, 4) is 0 Å². The summed E-state index contributed by atoms with van der Waals surface area (Å²) in [4.78, 5) is 12.2. The van der Waals surface area contributed by atoms with Crippen molar-refractivity contribution in [2.75, 3.05) is 6.61 Å². The lowest BCUT2D eigenvalue weighted by Crippen LogP contribution is -1.80. The van der Waals surface area contributed by atoms with E-state index in [0.29, 0.717) is 23.1 Å². The van der Waals surface area contributed by atoms with Gasteiger partial charge in [0.15, 0.2) is 0 Å². The molecule has 0 saturated carbocycles. The number of nitrogens with one attached hydrogen (secondary N) is 1. The van der Waals surface area contributed by atoms with Crippen molar-refractivity contribution in [2.24, 2.45) is 0 Å². The van der Waals surface area contributed by atoms with E-state index in [2.05, 4.69) is 9.72 Å². The van der Waals surface area contributed by atoms with Gasteiger partial charge >= 0.3 is 0 Å². The quantitative estimate of drug-likeness (QED) is 0.837. The highest BCUT2D eigenvalue weighted by molar-refractivity contribution is 6.36. The summed E-state index contributed by atoms with van der Waals surface area (Å²) in [6, 6.07) is 5.58. The third-order valence-electron chi connectivity index (χ3n) is 1.83. The fourth-order valence-electron chi connectivity index (χ4n) is 1.13. The van der Waals surface area contributed by atoms with E-state index in [0.717, 1.165) is 10.9 Å². The Kier molecular flexibility index (Phi) is 5.15. The minimum Gasteiger partial charge on any atom is -0.468 e. The van der Waals surface area contributed by atoms with E-state index < -0.39 is 0 Å². The summed E-state index contributed by atoms with van der Waals surface area (Å²) < 4.78 is 4.15. The number of carbonyl (C=O) groups is 1. The van der Waals surface area contributed by atoms with Gasteiger partial charge in [-0.05, 0) is 25.1 Å². The van der Waals surface area contributed by atoms with Crippen molar-refractivity contribution in [1.82, 2.24) is 4.98 Å². The molecule has 0 fully saturated rings. The van der Waals surface area contributed by atoms with Gasteiger partial charge in [0.05, 0.1) is 11.6 Å². The zero-order valence-corrected chi connectivity index (χ0v) is 10.2. The summed E-state index contributed by atoms with van der Waals surface area (Å²) in [5.41, 5.74) is 1.01.